The number of hydrogen-bond acceptors (Lipinski definition) is 1. The molecule has 1 saturated heterocycles. The Labute approximate surface area is 44.1 Å². The van der Waals surface area contributed by atoms with Crippen LogP contribution in [0.5, 0.6) is 0 Å². The van der Waals surface area contributed by atoms with Crippen molar-refractivity contribution in [2.24, 2.45) is 11.8 Å². The SMILES string of the molecule is C[C@H]1NC[C@@H]2C[C@@H]21. The topological polar surface area (TPSA) is 12.0 Å². The van der Waals surface area contributed by atoms with Crippen molar-refractivity contribution in [2.45, 2.75) is 19.4 Å². The summed E-state index contributed by atoms with van der Waals surface area (Å²) in [6.45, 7) is 3.59. The van der Waals surface area contributed by atoms with Crippen LogP contribution in [0.3, 0.4) is 0 Å². The second kappa shape index (κ2) is 1.03. The molecule has 2 rings (SSSR count). The van der Waals surface area contributed by atoms with E-state index in [-0.39, 0.29) is 0 Å². The van der Waals surface area contributed by atoms with Crippen LogP contribution in [0.4, 0.5) is 0 Å². The van der Waals surface area contributed by atoms with Crippen LogP contribution in [-0.2, 0) is 0 Å². The second-order valence-electron chi connectivity index (χ2n) is 2.86. The van der Waals surface area contributed by atoms with Gasteiger partial charge in [-0.1, -0.05) is 0 Å². The third-order valence-corrected chi connectivity index (χ3v) is 2.32. The third-order valence-electron chi connectivity index (χ3n) is 2.32. The van der Waals surface area contributed by atoms with Gasteiger partial charge >= 0.3 is 0 Å². The van der Waals surface area contributed by atoms with E-state index < -0.39 is 0 Å². The van der Waals surface area contributed by atoms with E-state index in [1.54, 1.807) is 0 Å². The molecule has 0 aromatic carbocycles. The Balaban J connectivity index is 2.08. The average molecular weight is 97.2 g/mol. The Morgan fingerprint density at radius 1 is 1.57 bits per heavy atom. The second-order valence-corrected chi connectivity index (χ2v) is 2.86. The third kappa shape index (κ3) is 0.418. The van der Waals surface area contributed by atoms with E-state index in [4.69, 9.17) is 0 Å². The molecule has 2 fully saturated rings. The van der Waals surface area contributed by atoms with Gasteiger partial charge in [-0.3, -0.25) is 0 Å². The van der Waals surface area contributed by atoms with Crippen LogP contribution in [0, 0.1) is 11.8 Å². The molecular weight excluding hydrogens is 86.1 g/mol. The van der Waals surface area contributed by atoms with Crippen LogP contribution in [0.25, 0.3) is 0 Å². The van der Waals surface area contributed by atoms with Gasteiger partial charge in [0.15, 0.2) is 0 Å². The molecule has 1 heteroatoms. The highest BCUT2D eigenvalue weighted by Crippen LogP contribution is 2.44. The highest BCUT2D eigenvalue weighted by atomic mass is 15.0. The molecule has 0 radical (unpaired) electrons. The first kappa shape index (κ1) is 3.90. The number of hydrogen-bond donors (Lipinski definition) is 1. The predicted molar refractivity (Wildman–Crippen MR) is 29.1 cm³/mol. The average Bonchev–Trinajstić information content (AvgIpc) is 2.33. The van der Waals surface area contributed by atoms with Gasteiger partial charge in [0, 0.05) is 6.04 Å². The molecule has 1 aliphatic carbocycles. The maximum atomic E-state index is 3.42. The number of rotatable bonds is 0. The molecule has 3 atom stereocenters. The van der Waals surface area contributed by atoms with E-state index in [1.165, 1.54) is 13.0 Å². The minimum atomic E-state index is 0.838. The first-order chi connectivity index (χ1) is 3.38. The summed E-state index contributed by atoms with van der Waals surface area (Å²) >= 11 is 0. The molecule has 0 bridgehead atoms. The lowest BCUT2D eigenvalue weighted by atomic mass is 10.2. The standard InChI is InChI=1S/C6H11N/c1-4-6-2-5(6)3-7-4/h4-7H,2-3H2,1H3/t4-,5+,6-/m1/s1. The van der Waals surface area contributed by atoms with Gasteiger partial charge in [-0.05, 0) is 31.7 Å². The van der Waals surface area contributed by atoms with Crippen molar-refractivity contribution in [1.82, 2.24) is 5.32 Å². The molecule has 0 aromatic rings. The van der Waals surface area contributed by atoms with Crippen LogP contribution in [-0.4, -0.2) is 12.6 Å². The van der Waals surface area contributed by atoms with Crippen molar-refractivity contribution in [1.29, 1.82) is 0 Å². The summed E-state index contributed by atoms with van der Waals surface area (Å²) in [4.78, 5) is 0. The molecule has 0 amide bonds. The molecule has 7 heavy (non-hydrogen) atoms. The number of piperidine rings is 1. The monoisotopic (exact) mass is 97.1 g/mol. The summed E-state index contributed by atoms with van der Waals surface area (Å²) in [5.74, 6) is 2.15. The van der Waals surface area contributed by atoms with E-state index >= 15 is 0 Å². The Morgan fingerprint density at radius 2 is 2.43 bits per heavy atom. The van der Waals surface area contributed by atoms with E-state index in [2.05, 4.69) is 12.2 Å². The Hall–Kier alpha value is -0.0400. The largest absolute Gasteiger partial charge is 0.314 e. The fourth-order valence-corrected chi connectivity index (χ4v) is 1.61. The summed E-state index contributed by atoms with van der Waals surface area (Å²) in [7, 11) is 0. The van der Waals surface area contributed by atoms with Gasteiger partial charge in [-0.15, -0.1) is 0 Å². The van der Waals surface area contributed by atoms with Crippen molar-refractivity contribution in [3.05, 3.63) is 0 Å². The molecule has 1 saturated carbocycles. The van der Waals surface area contributed by atoms with Crippen molar-refractivity contribution in [2.75, 3.05) is 6.54 Å². The molecule has 2 aliphatic rings. The summed E-state index contributed by atoms with van der Waals surface area (Å²) in [6, 6.07) is 0.838. The Morgan fingerprint density at radius 3 is 2.57 bits per heavy atom. The summed E-state index contributed by atoms with van der Waals surface area (Å²) in [5.41, 5.74) is 0. The Bertz CT molecular complexity index is 90.2. The van der Waals surface area contributed by atoms with E-state index in [1.807, 2.05) is 0 Å². The molecule has 0 spiro atoms. The number of nitrogens with one attached hydrogen (secondary N) is 1. The van der Waals surface area contributed by atoms with Crippen molar-refractivity contribution >= 4 is 0 Å². The highest BCUT2D eigenvalue weighted by Gasteiger charge is 2.45. The highest BCUT2D eigenvalue weighted by molar-refractivity contribution is 5.00. The first-order valence-corrected chi connectivity index (χ1v) is 3.11. The smallest absolute Gasteiger partial charge is 0.00703 e. The Kier molecular flexibility index (Phi) is 0.571. The molecule has 40 valence electrons. The normalized spacial score (nSPS) is 57.0. The van der Waals surface area contributed by atoms with Gasteiger partial charge in [-0.2, -0.15) is 0 Å². The van der Waals surface area contributed by atoms with Crippen molar-refractivity contribution in [3.8, 4) is 0 Å². The molecule has 1 nitrogen and oxygen atoms in total. The van der Waals surface area contributed by atoms with Gasteiger partial charge in [0.25, 0.3) is 0 Å². The maximum absolute atomic E-state index is 3.42. The minimum Gasteiger partial charge on any atom is -0.314 e. The van der Waals surface area contributed by atoms with Gasteiger partial charge in [-0.25, -0.2) is 0 Å². The predicted octanol–water partition coefficient (Wildman–Crippen LogP) is 0.614. The fraction of sp³-hybridized carbons (Fsp3) is 1.00. The van der Waals surface area contributed by atoms with Gasteiger partial charge in [0.2, 0.25) is 0 Å². The summed E-state index contributed by atoms with van der Waals surface area (Å²) in [6.07, 6.45) is 1.51. The van der Waals surface area contributed by atoms with E-state index in [0.717, 1.165) is 17.9 Å². The molecule has 1 aliphatic heterocycles. The molecular formula is C6H11N. The zero-order valence-electron chi connectivity index (χ0n) is 4.65. The van der Waals surface area contributed by atoms with Gasteiger partial charge < -0.3 is 5.32 Å². The lowest BCUT2D eigenvalue weighted by molar-refractivity contribution is 0.579. The minimum absolute atomic E-state index is 0.838. The van der Waals surface area contributed by atoms with Gasteiger partial charge in [0.1, 0.15) is 0 Å². The lowest BCUT2D eigenvalue weighted by Gasteiger charge is -2.01. The molecule has 1 heterocycles. The van der Waals surface area contributed by atoms with Crippen LogP contribution < -0.4 is 5.32 Å². The molecule has 0 aromatic heterocycles. The zero-order valence-corrected chi connectivity index (χ0v) is 4.65. The lowest BCUT2D eigenvalue weighted by Crippen LogP contribution is -2.21. The van der Waals surface area contributed by atoms with Gasteiger partial charge in [0.05, 0.1) is 0 Å². The molecule has 0 unspecified atom stereocenters. The van der Waals surface area contributed by atoms with Crippen molar-refractivity contribution < 1.29 is 0 Å². The van der Waals surface area contributed by atoms with Crippen LogP contribution in [0.1, 0.15) is 13.3 Å². The summed E-state index contributed by atoms with van der Waals surface area (Å²) in [5, 5.41) is 3.42. The van der Waals surface area contributed by atoms with E-state index in [9.17, 15) is 0 Å². The van der Waals surface area contributed by atoms with Crippen LogP contribution in [0.2, 0.25) is 0 Å². The molecule has 1 N–H and O–H groups in total. The maximum Gasteiger partial charge on any atom is 0.00703 e. The number of fused-ring (bicyclic) bond motifs is 1. The van der Waals surface area contributed by atoms with Crippen molar-refractivity contribution in [3.63, 3.8) is 0 Å². The first-order valence-electron chi connectivity index (χ1n) is 3.11. The quantitative estimate of drug-likeness (QED) is 0.467. The van der Waals surface area contributed by atoms with Crippen LogP contribution in [0.15, 0.2) is 0 Å². The zero-order chi connectivity index (χ0) is 4.85. The summed E-state index contributed by atoms with van der Waals surface area (Å²) < 4.78 is 0. The van der Waals surface area contributed by atoms with Crippen LogP contribution >= 0.6 is 0 Å². The fourth-order valence-electron chi connectivity index (χ4n) is 1.61. The van der Waals surface area contributed by atoms with E-state index in [0.29, 0.717) is 0 Å².